The van der Waals surface area contributed by atoms with Crippen molar-refractivity contribution < 1.29 is 4.74 Å². The first-order valence-electron chi connectivity index (χ1n) is 6.90. The summed E-state index contributed by atoms with van der Waals surface area (Å²) in [6.07, 6.45) is 5.28. The Hall–Kier alpha value is -0.450. The largest absolute Gasteiger partial charge is 0.383 e. The average molecular weight is 329 g/mol. The van der Waals surface area contributed by atoms with Gasteiger partial charge in [0.15, 0.2) is 0 Å². The summed E-state index contributed by atoms with van der Waals surface area (Å²) in [5.74, 6) is 0. The highest BCUT2D eigenvalue weighted by molar-refractivity contribution is 9.10. The molecular formula is C15H25BrN2O. The molecule has 1 rings (SSSR count). The molecular weight excluding hydrogens is 304 g/mol. The molecule has 0 spiro atoms. The molecule has 3 nitrogen and oxygen atoms in total. The maximum atomic E-state index is 5.07. The summed E-state index contributed by atoms with van der Waals surface area (Å²) in [5.41, 5.74) is 1.41. The standard InChI is InChI=1S/C15H25BrN2O/c1-4-7-15(2,12-17-8-9-19-3)10-14-6-5-13(16)11-18-14/h5-6,11,17H,4,7-10,12H2,1-3H3. The Bertz CT molecular complexity index is 356. The number of rotatable bonds is 9. The van der Waals surface area contributed by atoms with Crippen LogP contribution in [-0.4, -0.2) is 31.8 Å². The van der Waals surface area contributed by atoms with Crippen LogP contribution in [0.25, 0.3) is 0 Å². The maximum absolute atomic E-state index is 5.07. The van der Waals surface area contributed by atoms with E-state index in [1.165, 1.54) is 12.8 Å². The Morgan fingerprint density at radius 1 is 1.42 bits per heavy atom. The van der Waals surface area contributed by atoms with E-state index in [0.717, 1.165) is 36.3 Å². The van der Waals surface area contributed by atoms with Gasteiger partial charge in [-0.1, -0.05) is 20.3 Å². The zero-order chi connectivity index (χ0) is 14.1. The molecule has 19 heavy (non-hydrogen) atoms. The van der Waals surface area contributed by atoms with Gasteiger partial charge in [-0.25, -0.2) is 0 Å². The SMILES string of the molecule is CCCC(C)(CNCCOC)Cc1ccc(Br)cn1. The van der Waals surface area contributed by atoms with Crippen molar-refractivity contribution in [2.24, 2.45) is 5.41 Å². The van der Waals surface area contributed by atoms with E-state index in [-0.39, 0.29) is 5.41 Å². The van der Waals surface area contributed by atoms with E-state index < -0.39 is 0 Å². The first-order valence-corrected chi connectivity index (χ1v) is 7.69. The van der Waals surface area contributed by atoms with Gasteiger partial charge in [-0.15, -0.1) is 0 Å². The third-order valence-electron chi connectivity index (χ3n) is 3.28. The lowest BCUT2D eigenvalue weighted by atomic mass is 9.81. The van der Waals surface area contributed by atoms with E-state index in [1.807, 2.05) is 6.20 Å². The Labute approximate surface area is 125 Å². The van der Waals surface area contributed by atoms with Crippen LogP contribution in [0.3, 0.4) is 0 Å². The molecule has 1 N–H and O–H groups in total. The van der Waals surface area contributed by atoms with Gasteiger partial charge < -0.3 is 10.1 Å². The van der Waals surface area contributed by atoms with Crippen LogP contribution in [0.5, 0.6) is 0 Å². The molecule has 0 saturated carbocycles. The van der Waals surface area contributed by atoms with E-state index in [9.17, 15) is 0 Å². The first-order chi connectivity index (χ1) is 9.09. The van der Waals surface area contributed by atoms with Gasteiger partial charge in [-0.3, -0.25) is 4.98 Å². The molecule has 1 aromatic rings. The lowest BCUT2D eigenvalue weighted by Gasteiger charge is -2.29. The summed E-state index contributed by atoms with van der Waals surface area (Å²) in [5, 5.41) is 3.48. The van der Waals surface area contributed by atoms with E-state index in [1.54, 1.807) is 7.11 Å². The summed E-state index contributed by atoms with van der Waals surface area (Å²) < 4.78 is 6.10. The number of methoxy groups -OCH3 is 1. The van der Waals surface area contributed by atoms with Crippen molar-refractivity contribution in [2.75, 3.05) is 26.8 Å². The van der Waals surface area contributed by atoms with Gasteiger partial charge in [0.05, 0.1) is 6.61 Å². The van der Waals surface area contributed by atoms with Crippen LogP contribution in [-0.2, 0) is 11.2 Å². The van der Waals surface area contributed by atoms with Gasteiger partial charge in [0.1, 0.15) is 0 Å². The second-order valence-corrected chi connectivity index (χ2v) is 6.29. The molecule has 0 radical (unpaired) electrons. The number of nitrogens with zero attached hydrogens (tertiary/aromatic N) is 1. The van der Waals surface area contributed by atoms with E-state index in [2.05, 4.69) is 52.2 Å². The topological polar surface area (TPSA) is 34.1 Å². The predicted octanol–water partition coefficient (Wildman–Crippen LogP) is 3.43. The predicted molar refractivity (Wildman–Crippen MR) is 83.4 cm³/mol. The zero-order valence-corrected chi connectivity index (χ0v) is 13.8. The van der Waals surface area contributed by atoms with Crippen LogP contribution >= 0.6 is 15.9 Å². The molecule has 0 aliphatic rings. The minimum absolute atomic E-state index is 0.253. The Kier molecular flexibility index (Phi) is 7.57. The lowest BCUT2D eigenvalue weighted by Crippen LogP contribution is -2.35. The van der Waals surface area contributed by atoms with Crippen LogP contribution < -0.4 is 5.32 Å². The lowest BCUT2D eigenvalue weighted by molar-refractivity contribution is 0.189. The van der Waals surface area contributed by atoms with Crippen LogP contribution in [0.15, 0.2) is 22.8 Å². The highest BCUT2D eigenvalue weighted by atomic mass is 79.9. The highest BCUT2D eigenvalue weighted by Gasteiger charge is 2.23. The fraction of sp³-hybridized carbons (Fsp3) is 0.667. The molecule has 0 aliphatic carbocycles. The van der Waals surface area contributed by atoms with Crippen molar-refractivity contribution in [1.82, 2.24) is 10.3 Å². The minimum Gasteiger partial charge on any atom is -0.383 e. The minimum atomic E-state index is 0.253. The fourth-order valence-electron chi connectivity index (χ4n) is 2.36. The Morgan fingerprint density at radius 3 is 2.79 bits per heavy atom. The Balaban J connectivity index is 2.56. The number of nitrogens with one attached hydrogen (secondary N) is 1. The summed E-state index contributed by atoms with van der Waals surface area (Å²) >= 11 is 3.43. The van der Waals surface area contributed by atoms with Gasteiger partial charge in [0, 0.05) is 36.6 Å². The van der Waals surface area contributed by atoms with Crippen molar-refractivity contribution in [3.63, 3.8) is 0 Å². The summed E-state index contributed by atoms with van der Waals surface area (Å²) in [6.45, 7) is 7.24. The molecule has 1 unspecified atom stereocenters. The van der Waals surface area contributed by atoms with Crippen molar-refractivity contribution in [3.8, 4) is 0 Å². The van der Waals surface area contributed by atoms with Gasteiger partial charge in [0.2, 0.25) is 0 Å². The van der Waals surface area contributed by atoms with E-state index in [0.29, 0.717) is 0 Å². The molecule has 1 aromatic heterocycles. The third kappa shape index (κ3) is 6.50. The Morgan fingerprint density at radius 2 is 2.21 bits per heavy atom. The van der Waals surface area contributed by atoms with Crippen molar-refractivity contribution in [1.29, 1.82) is 0 Å². The van der Waals surface area contributed by atoms with E-state index in [4.69, 9.17) is 4.74 Å². The summed E-state index contributed by atoms with van der Waals surface area (Å²) in [7, 11) is 1.73. The quantitative estimate of drug-likeness (QED) is 0.705. The van der Waals surface area contributed by atoms with Crippen LogP contribution in [0.4, 0.5) is 0 Å². The smallest absolute Gasteiger partial charge is 0.0587 e. The van der Waals surface area contributed by atoms with Crippen molar-refractivity contribution in [3.05, 3.63) is 28.5 Å². The van der Waals surface area contributed by atoms with Crippen LogP contribution in [0.2, 0.25) is 0 Å². The average Bonchev–Trinajstić information content (AvgIpc) is 2.38. The van der Waals surface area contributed by atoms with E-state index >= 15 is 0 Å². The van der Waals surface area contributed by atoms with Crippen molar-refractivity contribution in [2.45, 2.75) is 33.1 Å². The maximum Gasteiger partial charge on any atom is 0.0587 e. The van der Waals surface area contributed by atoms with Gasteiger partial charge >= 0.3 is 0 Å². The fourth-order valence-corrected chi connectivity index (χ4v) is 2.59. The summed E-state index contributed by atoms with van der Waals surface area (Å²) in [6, 6.07) is 4.17. The molecule has 0 aromatic carbocycles. The number of aromatic nitrogens is 1. The van der Waals surface area contributed by atoms with Crippen LogP contribution in [0.1, 0.15) is 32.4 Å². The molecule has 1 heterocycles. The normalized spacial score (nSPS) is 14.3. The van der Waals surface area contributed by atoms with Gasteiger partial charge in [-0.05, 0) is 46.3 Å². The second-order valence-electron chi connectivity index (χ2n) is 5.37. The number of hydrogen-bond donors (Lipinski definition) is 1. The second kappa shape index (κ2) is 8.67. The molecule has 0 amide bonds. The molecule has 0 aliphatic heterocycles. The molecule has 0 bridgehead atoms. The summed E-state index contributed by atoms with van der Waals surface area (Å²) in [4.78, 5) is 4.49. The molecule has 0 saturated heterocycles. The third-order valence-corrected chi connectivity index (χ3v) is 3.75. The molecule has 4 heteroatoms. The molecule has 108 valence electrons. The monoisotopic (exact) mass is 328 g/mol. The first kappa shape index (κ1) is 16.6. The molecule has 0 fully saturated rings. The number of hydrogen-bond acceptors (Lipinski definition) is 3. The number of pyridine rings is 1. The van der Waals surface area contributed by atoms with Gasteiger partial charge in [0.25, 0.3) is 0 Å². The number of ether oxygens (including phenoxy) is 1. The number of halogens is 1. The van der Waals surface area contributed by atoms with Crippen molar-refractivity contribution >= 4 is 15.9 Å². The molecule has 1 atom stereocenters. The zero-order valence-electron chi connectivity index (χ0n) is 12.2. The van der Waals surface area contributed by atoms with Crippen LogP contribution in [0, 0.1) is 5.41 Å². The van der Waals surface area contributed by atoms with Gasteiger partial charge in [-0.2, -0.15) is 0 Å². The highest BCUT2D eigenvalue weighted by Crippen LogP contribution is 2.27.